The number of rotatable bonds is 4. The van der Waals surface area contributed by atoms with Gasteiger partial charge in [0.1, 0.15) is 6.54 Å². The lowest BCUT2D eigenvalue weighted by molar-refractivity contribution is -0.116. The Morgan fingerprint density at radius 2 is 1.84 bits per heavy atom. The zero-order chi connectivity index (χ0) is 18.0. The molecule has 0 aromatic heterocycles. The van der Waals surface area contributed by atoms with Crippen molar-refractivity contribution in [3.05, 3.63) is 58.1 Å². The Balaban J connectivity index is 1.62. The second-order valence-electron chi connectivity index (χ2n) is 6.20. The summed E-state index contributed by atoms with van der Waals surface area (Å²) < 4.78 is 0.964. The molecule has 5 nitrogen and oxygen atoms in total. The van der Waals surface area contributed by atoms with Gasteiger partial charge >= 0.3 is 6.03 Å². The van der Waals surface area contributed by atoms with Crippen LogP contribution in [0.1, 0.15) is 11.1 Å². The van der Waals surface area contributed by atoms with E-state index in [-0.39, 0.29) is 18.5 Å². The lowest BCUT2D eigenvalue weighted by Crippen LogP contribution is -2.37. The number of amides is 3. The molecule has 0 aliphatic carbocycles. The van der Waals surface area contributed by atoms with Gasteiger partial charge in [0.2, 0.25) is 5.91 Å². The van der Waals surface area contributed by atoms with Crippen LogP contribution < -0.4 is 10.2 Å². The molecule has 0 atom stereocenters. The number of carbonyl (C=O) groups excluding carboxylic acids is 2. The van der Waals surface area contributed by atoms with Gasteiger partial charge in [-0.15, -0.1) is 0 Å². The zero-order valence-electron chi connectivity index (χ0n) is 14.3. The van der Waals surface area contributed by atoms with E-state index in [0.717, 1.165) is 27.0 Å². The zero-order valence-corrected chi connectivity index (χ0v) is 15.8. The first-order valence-electron chi connectivity index (χ1n) is 8.13. The van der Waals surface area contributed by atoms with Gasteiger partial charge in [0.25, 0.3) is 0 Å². The first-order valence-corrected chi connectivity index (χ1v) is 8.92. The highest BCUT2D eigenvalue weighted by Crippen LogP contribution is 2.22. The van der Waals surface area contributed by atoms with Crippen molar-refractivity contribution in [2.24, 2.45) is 0 Å². The summed E-state index contributed by atoms with van der Waals surface area (Å²) in [5.41, 5.74) is 3.74. The summed E-state index contributed by atoms with van der Waals surface area (Å²) in [7, 11) is 0. The largest absolute Gasteiger partial charge is 0.325 e. The van der Waals surface area contributed by atoms with Gasteiger partial charge in [-0.1, -0.05) is 33.6 Å². The van der Waals surface area contributed by atoms with Crippen molar-refractivity contribution >= 4 is 39.2 Å². The average Bonchev–Trinajstić information content (AvgIpc) is 2.92. The molecule has 1 N–H and O–H groups in total. The highest BCUT2D eigenvalue weighted by molar-refractivity contribution is 9.10. The van der Waals surface area contributed by atoms with Crippen molar-refractivity contribution in [1.29, 1.82) is 0 Å². The molecule has 1 saturated heterocycles. The van der Waals surface area contributed by atoms with Crippen LogP contribution in [-0.2, 0) is 4.79 Å². The molecule has 130 valence electrons. The maximum Gasteiger partial charge on any atom is 0.325 e. The summed E-state index contributed by atoms with van der Waals surface area (Å²) >= 11 is 3.40. The molecule has 25 heavy (non-hydrogen) atoms. The molecule has 1 heterocycles. The van der Waals surface area contributed by atoms with E-state index in [4.69, 9.17) is 0 Å². The van der Waals surface area contributed by atoms with E-state index in [0.29, 0.717) is 13.1 Å². The van der Waals surface area contributed by atoms with Crippen LogP contribution in [0.5, 0.6) is 0 Å². The van der Waals surface area contributed by atoms with E-state index in [9.17, 15) is 9.59 Å². The van der Waals surface area contributed by atoms with Crippen LogP contribution in [-0.4, -0.2) is 36.5 Å². The Morgan fingerprint density at radius 3 is 2.52 bits per heavy atom. The Hall–Kier alpha value is -2.34. The normalized spacial score (nSPS) is 14.1. The lowest BCUT2D eigenvalue weighted by atomic mass is 10.2. The molecule has 6 heteroatoms. The molecular weight excluding hydrogens is 382 g/mol. The SMILES string of the molecule is Cc1ccc(N2CCN(CC(=O)Nc3ccc(Br)cc3C)C2=O)cc1. The summed E-state index contributed by atoms with van der Waals surface area (Å²) in [4.78, 5) is 28.1. The Kier molecular flexibility index (Phi) is 5.08. The Bertz CT molecular complexity index is 805. The minimum atomic E-state index is -0.190. The number of anilines is 2. The van der Waals surface area contributed by atoms with Crippen molar-refractivity contribution in [1.82, 2.24) is 4.90 Å². The van der Waals surface area contributed by atoms with Crippen molar-refractivity contribution in [2.75, 3.05) is 29.9 Å². The number of aryl methyl sites for hydroxylation is 2. The molecular formula is C19H20BrN3O2. The third-order valence-corrected chi connectivity index (χ3v) is 4.73. The van der Waals surface area contributed by atoms with Crippen LogP contribution in [0.3, 0.4) is 0 Å². The van der Waals surface area contributed by atoms with Crippen molar-refractivity contribution in [2.45, 2.75) is 13.8 Å². The smallest absolute Gasteiger partial charge is 0.324 e. The highest BCUT2D eigenvalue weighted by Gasteiger charge is 2.30. The average molecular weight is 402 g/mol. The molecule has 0 unspecified atom stereocenters. The number of nitrogens with one attached hydrogen (secondary N) is 1. The van der Waals surface area contributed by atoms with Crippen LogP contribution in [0.15, 0.2) is 46.9 Å². The number of carbonyl (C=O) groups is 2. The summed E-state index contributed by atoms with van der Waals surface area (Å²) in [5, 5.41) is 2.87. The van der Waals surface area contributed by atoms with Gasteiger partial charge in [0.05, 0.1) is 0 Å². The first kappa shape index (κ1) is 17.5. The summed E-state index contributed by atoms with van der Waals surface area (Å²) in [6.07, 6.45) is 0. The Morgan fingerprint density at radius 1 is 1.12 bits per heavy atom. The highest BCUT2D eigenvalue weighted by atomic mass is 79.9. The van der Waals surface area contributed by atoms with E-state index in [1.807, 2.05) is 56.3 Å². The molecule has 0 bridgehead atoms. The number of urea groups is 1. The Labute approximate surface area is 155 Å². The maximum absolute atomic E-state index is 12.6. The quantitative estimate of drug-likeness (QED) is 0.842. The first-order chi connectivity index (χ1) is 11.9. The van der Waals surface area contributed by atoms with E-state index in [1.165, 1.54) is 0 Å². The molecule has 2 aromatic rings. The van der Waals surface area contributed by atoms with Crippen molar-refractivity contribution in [3.63, 3.8) is 0 Å². The number of hydrogen-bond donors (Lipinski definition) is 1. The number of hydrogen-bond acceptors (Lipinski definition) is 2. The second-order valence-corrected chi connectivity index (χ2v) is 7.11. The predicted molar refractivity (Wildman–Crippen MR) is 103 cm³/mol. The summed E-state index contributed by atoms with van der Waals surface area (Å²) in [5.74, 6) is -0.190. The minimum Gasteiger partial charge on any atom is -0.324 e. The van der Waals surface area contributed by atoms with Crippen LogP contribution in [0.2, 0.25) is 0 Å². The molecule has 0 radical (unpaired) electrons. The number of halogens is 1. The number of nitrogens with zero attached hydrogens (tertiary/aromatic N) is 2. The molecule has 0 spiro atoms. The third kappa shape index (κ3) is 4.02. The van der Waals surface area contributed by atoms with Crippen LogP contribution in [0.4, 0.5) is 16.2 Å². The van der Waals surface area contributed by atoms with Gasteiger partial charge in [0, 0.05) is 28.9 Å². The standard InChI is InChI=1S/C19H20BrN3O2/c1-13-3-6-16(7-4-13)23-10-9-22(19(23)25)12-18(24)21-17-8-5-15(20)11-14(17)2/h3-8,11H,9-10,12H2,1-2H3,(H,21,24). The van der Waals surface area contributed by atoms with Gasteiger partial charge in [-0.3, -0.25) is 9.69 Å². The number of benzene rings is 2. The maximum atomic E-state index is 12.6. The minimum absolute atomic E-state index is 0.0523. The summed E-state index contributed by atoms with van der Waals surface area (Å²) in [6, 6.07) is 13.4. The van der Waals surface area contributed by atoms with Crippen LogP contribution in [0.25, 0.3) is 0 Å². The fourth-order valence-electron chi connectivity index (χ4n) is 2.82. The molecule has 1 fully saturated rings. The molecule has 1 aliphatic rings. The molecule has 0 saturated carbocycles. The van der Waals surface area contributed by atoms with Crippen molar-refractivity contribution in [3.8, 4) is 0 Å². The molecule has 2 aromatic carbocycles. The summed E-state index contributed by atoms with van der Waals surface area (Å²) in [6.45, 7) is 5.12. The van der Waals surface area contributed by atoms with Gasteiger partial charge < -0.3 is 10.2 Å². The van der Waals surface area contributed by atoms with E-state index in [1.54, 1.807) is 9.80 Å². The second kappa shape index (κ2) is 7.27. The van der Waals surface area contributed by atoms with Crippen molar-refractivity contribution < 1.29 is 9.59 Å². The fourth-order valence-corrected chi connectivity index (χ4v) is 3.30. The van der Waals surface area contributed by atoms with Gasteiger partial charge in [-0.25, -0.2) is 4.79 Å². The topological polar surface area (TPSA) is 52.6 Å². The van der Waals surface area contributed by atoms with E-state index < -0.39 is 0 Å². The molecule has 1 aliphatic heterocycles. The molecule has 3 rings (SSSR count). The predicted octanol–water partition coefficient (Wildman–Crippen LogP) is 3.95. The lowest BCUT2D eigenvalue weighted by Gasteiger charge is -2.19. The fraction of sp³-hybridized carbons (Fsp3) is 0.263. The van der Waals surface area contributed by atoms with E-state index >= 15 is 0 Å². The van der Waals surface area contributed by atoms with Crippen LogP contribution in [0, 0.1) is 13.8 Å². The third-order valence-electron chi connectivity index (χ3n) is 4.24. The monoisotopic (exact) mass is 401 g/mol. The van der Waals surface area contributed by atoms with Gasteiger partial charge in [0.15, 0.2) is 0 Å². The van der Waals surface area contributed by atoms with Gasteiger partial charge in [-0.05, 0) is 49.7 Å². The molecule has 3 amide bonds. The van der Waals surface area contributed by atoms with Crippen LogP contribution >= 0.6 is 15.9 Å². The van der Waals surface area contributed by atoms with Gasteiger partial charge in [-0.2, -0.15) is 0 Å². The van der Waals surface area contributed by atoms with E-state index in [2.05, 4.69) is 21.2 Å².